The number of hydrogen-bond acceptors (Lipinski definition) is 5. The van der Waals surface area contributed by atoms with Gasteiger partial charge in [-0.25, -0.2) is 0 Å². The molecule has 2 rings (SSSR count). The van der Waals surface area contributed by atoms with Crippen LogP contribution in [0.1, 0.15) is 11.1 Å². The first-order valence-electron chi connectivity index (χ1n) is 8.69. The van der Waals surface area contributed by atoms with Crippen LogP contribution in [0.2, 0.25) is 0 Å². The summed E-state index contributed by atoms with van der Waals surface area (Å²) in [6, 6.07) is 16.3. The van der Waals surface area contributed by atoms with Crippen molar-refractivity contribution >= 4 is 24.8 Å². The molecule has 0 saturated carbocycles. The number of hydrogen-bond donors (Lipinski definition) is 3. The Morgan fingerprint density at radius 1 is 0.852 bits per heavy atom. The Morgan fingerprint density at radius 2 is 1.59 bits per heavy atom. The van der Waals surface area contributed by atoms with Gasteiger partial charge in [0.2, 0.25) is 0 Å². The highest BCUT2D eigenvalue weighted by Gasteiger charge is 2.06. The molecule has 0 unspecified atom stereocenters. The van der Waals surface area contributed by atoms with Crippen molar-refractivity contribution in [2.24, 2.45) is 0 Å². The molecular formula is C20H30Cl2N2O3. The van der Waals surface area contributed by atoms with Gasteiger partial charge in [0.15, 0.2) is 11.5 Å². The van der Waals surface area contributed by atoms with Crippen molar-refractivity contribution in [1.29, 1.82) is 0 Å². The predicted octanol–water partition coefficient (Wildman–Crippen LogP) is 2.83. The van der Waals surface area contributed by atoms with Crippen LogP contribution in [-0.4, -0.2) is 45.1 Å². The molecule has 0 radical (unpaired) electrons. The van der Waals surface area contributed by atoms with E-state index in [9.17, 15) is 0 Å². The van der Waals surface area contributed by atoms with Gasteiger partial charge in [0.05, 0.1) is 20.3 Å². The minimum absolute atomic E-state index is 0. The molecule has 3 N–H and O–H groups in total. The molecule has 0 aliphatic rings. The maximum absolute atomic E-state index is 8.70. The van der Waals surface area contributed by atoms with Gasteiger partial charge in [-0.2, -0.15) is 0 Å². The first-order chi connectivity index (χ1) is 12.3. The quantitative estimate of drug-likeness (QED) is 0.464. The van der Waals surface area contributed by atoms with E-state index in [0.717, 1.165) is 43.1 Å². The minimum Gasteiger partial charge on any atom is -0.493 e. The Kier molecular flexibility index (Phi) is 14.7. The zero-order chi connectivity index (χ0) is 17.7. The SMILES string of the molecule is COc1cc(CNCCNCCO)ccc1OCCc1ccccc1.Cl.Cl. The summed E-state index contributed by atoms with van der Waals surface area (Å²) >= 11 is 0. The Labute approximate surface area is 174 Å². The van der Waals surface area contributed by atoms with E-state index in [1.165, 1.54) is 5.56 Å². The van der Waals surface area contributed by atoms with Crippen LogP contribution in [0.5, 0.6) is 11.5 Å². The van der Waals surface area contributed by atoms with Crippen LogP contribution in [0.15, 0.2) is 48.5 Å². The van der Waals surface area contributed by atoms with Crippen LogP contribution in [-0.2, 0) is 13.0 Å². The van der Waals surface area contributed by atoms with Crippen LogP contribution in [0.25, 0.3) is 0 Å². The van der Waals surface area contributed by atoms with E-state index in [1.54, 1.807) is 7.11 Å². The van der Waals surface area contributed by atoms with Crippen molar-refractivity contribution in [2.75, 3.05) is 40.0 Å². The number of aliphatic hydroxyl groups excluding tert-OH is 1. The number of halogens is 2. The van der Waals surface area contributed by atoms with Crippen molar-refractivity contribution in [3.63, 3.8) is 0 Å². The average molecular weight is 417 g/mol. The largest absolute Gasteiger partial charge is 0.493 e. The molecule has 0 spiro atoms. The van der Waals surface area contributed by atoms with Gasteiger partial charge in [-0.05, 0) is 23.3 Å². The number of ether oxygens (including phenoxy) is 2. The maximum Gasteiger partial charge on any atom is 0.161 e. The fraction of sp³-hybridized carbons (Fsp3) is 0.400. The second-order valence-corrected chi connectivity index (χ2v) is 5.72. The molecule has 5 nitrogen and oxygen atoms in total. The summed E-state index contributed by atoms with van der Waals surface area (Å²) in [5.74, 6) is 1.53. The lowest BCUT2D eigenvalue weighted by molar-refractivity contribution is 0.292. The zero-order valence-corrected chi connectivity index (χ0v) is 17.3. The highest BCUT2D eigenvalue weighted by atomic mass is 35.5. The van der Waals surface area contributed by atoms with E-state index in [4.69, 9.17) is 14.6 Å². The van der Waals surface area contributed by atoms with E-state index in [-0.39, 0.29) is 31.4 Å². The first kappa shape index (κ1) is 25.5. The number of rotatable bonds is 12. The van der Waals surface area contributed by atoms with Crippen LogP contribution in [0, 0.1) is 0 Å². The maximum atomic E-state index is 8.70. The minimum atomic E-state index is 0. The highest BCUT2D eigenvalue weighted by Crippen LogP contribution is 2.28. The normalized spacial score (nSPS) is 9.85. The fourth-order valence-corrected chi connectivity index (χ4v) is 2.48. The van der Waals surface area contributed by atoms with Gasteiger partial charge < -0.3 is 25.2 Å². The molecule has 27 heavy (non-hydrogen) atoms. The van der Waals surface area contributed by atoms with Crippen LogP contribution in [0.4, 0.5) is 0 Å². The number of nitrogens with one attached hydrogen (secondary N) is 2. The Hall–Kier alpha value is -1.50. The number of methoxy groups -OCH3 is 1. The third-order valence-corrected chi connectivity index (χ3v) is 3.82. The van der Waals surface area contributed by atoms with E-state index in [1.807, 2.05) is 30.3 Å². The van der Waals surface area contributed by atoms with Gasteiger partial charge in [-0.1, -0.05) is 36.4 Å². The van der Waals surface area contributed by atoms with Gasteiger partial charge >= 0.3 is 0 Å². The predicted molar refractivity (Wildman–Crippen MR) is 115 cm³/mol. The van der Waals surface area contributed by atoms with Crippen LogP contribution in [0.3, 0.4) is 0 Å². The summed E-state index contributed by atoms with van der Waals surface area (Å²) in [6.45, 7) is 3.86. The Morgan fingerprint density at radius 3 is 2.30 bits per heavy atom. The Balaban J connectivity index is 0.00000338. The molecule has 2 aromatic carbocycles. The van der Waals surface area contributed by atoms with E-state index in [0.29, 0.717) is 13.2 Å². The van der Waals surface area contributed by atoms with Gasteiger partial charge in [0.25, 0.3) is 0 Å². The molecular weight excluding hydrogens is 387 g/mol. The second-order valence-electron chi connectivity index (χ2n) is 5.72. The van der Waals surface area contributed by atoms with Gasteiger partial charge in [-0.15, -0.1) is 24.8 Å². The third-order valence-electron chi connectivity index (χ3n) is 3.82. The van der Waals surface area contributed by atoms with E-state index < -0.39 is 0 Å². The van der Waals surface area contributed by atoms with Crippen molar-refractivity contribution in [3.05, 3.63) is 59.7 Å². The van der Waals surface area contributed by atoms with E-state index >= 15 is 0 Å². The molecule has 2 aromatic rings. The lowest BCUT2D eigenvalue weighted by Crippen LogP contribution is -2.28. The smallest absolute Gasteiger partial charge is 0.161 e. The molecule has 0 aromatic heterocycles. The fourth-order valence-electron chi connectivity index (χ4n) is 2.48. The second kappa shape index (κ2) is 15.5. The molecule has 0 aliphatic carbocycles. The molecule has 0 fully saturated rings. The summed E-state index contributed by atoms with van der Waals surface area (Å²) < 4.78 is 11.3. The molecule has 0 saturated heterocycles. The van der Waals surface area contributed by atoms with Gasteiger partial charge in [0, 0.05) is 32.6 Å². The molecule has 152 valence electrons. The Bertz CT molecular complexity index is 615. The number of benzene rings is 2. The first-order valence-corrected chi connectivity index (χ1v) is 8.69. The highest BCUT2D eigenvalue weighted by molar-refractivity contribution is 5.85. The third kappa shape index (κ3) is 9.84. The summed E-state index contributed by atoms with van der Waals surface area (Å²) in [5, 5.41) is 15.2. The van der Waals surface area contributed by atoms with Crippen molar-refractivity contribution in [2.45, 2.75) is 13.0 Å². The molecule has 0 aliphatic heterocycles. The summed E-state index contributed by atoms with van der Waals surface area (Å²) in [5.41, 5.74) is 2.41. The summed E-state index contributed by atoms with van der Waals surface area (Å²) in [7, 11) is 1.66. The topological polar surface area (TPSA) is 62.8 Å². The lowest BCUT2D eigenvalue weighted by atomic mass is 10.1. The summed E-state index contributed by atoms with van der Waals surface area (Å²) in [6.07, 6.45) is 0.869. The standard InChI is InChI=1S/C20H28N2O3.2ClH/c1-24-20-15-18(16-22-11-10-21-12-13-23)7-8-19(20)25-14-9-17-5-3-2-4-6-17;;/h2-8,15,21-23H,9-14,16H2,1H3;2*1H. The van der Waals surface area contributed by atoms with Crippen molar-refractivity contribution in [1.82, 2.24) is 10.6 Å². The summed E-state index contributed by atoms with van der Waals surface area (Å²) in [4.78, 5) is 0. The van der Waals surface area contributed by atoms with Gasteiger partial charge in [-0.3, -0.25) is 0 Å². The number of aliphatic hydroxyl groups is 1. The average Bonchev–Trinajstić information content (AvgIpc) is 2.66. The zero-order valence-electron chi connectivity index (χ0n) is 15.6. The molecule has 0 atom stereocenters. The monoisotopic (exact) mass is 416 g/mol. The molecule has 7 heteroatoms. The van der Waals surface area contributed by atoms with Crippen LogP contribution < -0.4 is 20.1 Å². The molecule has 0 amide bonds. The molecule has 0 heterocycles. The molecule has 0 bridgehead atoms. The van der Waals surface area contributed by atoms with Gasteiger partial charge in [0.1, 0.15) is 0 Å². The van der Waals surface area contributed by atoms with E-state index in [2.05, 4.69) is 28.8 Å². The van der Waals surface area contributed by atoms with Crippen molar-refractivity contribution < 1.29 is 14.6 Å². The van der Waals surface area contributed by atoms with Crippen molar-refractivity contribution in [3.8, 4) is 11.5 Å². The lowest BCUT2D eigenvalue weighted by Gasteiger charge is -2.13. The van der Waals surface area contributed by atoms with Crippen LogP contribution >= 0.6 is 24.8 Å².